The Hall–Kier alpha value is -1.57. The number of nitro benzene ring substituents is 1. The predicted molar refractivity (Wildman–Crippen MR) is 68.4 cm³/mol. The SMILES string of the molecule is CC(CBr)N(C)C(=O)c1c(F)ccc([N+](=O)[O-])c1F. The number of nitro groups is 1. The molecule has 5 nitrogen and oxygen atoms in total. The molecule has 104 valence electrons. The van der Waals surface area contributed by atoms with E-state index in [2.05, 4.69) is 15.9 Å². The zero-order chi connectivity index (χ0) is 14.7. The third-order valence-electron chi connectivity index (χ3n) is 2.69. The van der Waals surface area contributed by atoms with Crippen LogP contribution in [0.5, 0.6) is 0 Å². The molecular formula is C11H11BrF2N2O3. The maximum Gasteiger partial charge on any atom is 0.305 e. The van der Waals surface area contributed by atoms with Gasteiger partial charge in [0, 0.05) is 24.5 Å². The summed E-state index contributed by atoms with van der Waals surface area (Å²) in [5, 5.41) is 11.0. The first-order chi connectivity index (χ1) is 8.81. The summed E-state index contributed by atoms with van der Waals surface area (Å²) in [7, 11) is 1.37. The minimum Gasteiger partial charge on any atom is -0.338 e. The van der Waals surface area contributed by atoms with Gasteiger partial charge in [-0.25, -0.2) is 4.39 Å². The molecule has 1 unspecified atom stereocenters. The van der Waals surface area contributed by atoms with E-state index in [-0.39, 0.29) is 6.04 Å². The number of alkyl halides is 1. The van der Waals surface area contributed by atoms with E-state index in [0.717, 1.165) is 4.90 Å². The molecule has 0 heterocycles. The summed E-state index contributed by atoms with van der Waals surface area (Å²) in [6, 6.07) is 1.08. The van der Waals surface area contributed by atoms with Gasteiger partial charge in [0.15, 0.2) is 0 Å². The van der Waals surface area contributed by atoms with Crippen LogP contribution < -0.4 is 0 Å². The molecule has 0 bridgehead atoms. The first-order valence-corrected chi connectivity index (χ1v) is 6.38. The van der Waals surface area contributed by atoms with Crippen LogP contribution in [0.2, 0.25) is 0 Å². The van der Waals surface area contributed by atoms with Gasteiger partial charge in [0.2, 0.25) is 5.82 Å². The van der Waals surface area contributed by atoms with E-state index in [1.807, 2.05) is 0 Å². The first kappa shape index (κ1) is 15.5. The van der Waals surface area contributed by atoms with Gasteiger partial charge in [-0.1, -0.05) is 15.9 Å². The topological polar surface area (TPSA) is 63.5 Å². The first-order valence-electron chi connectivity index (χ1n) is 5.26. The molecule has 0 aromatic heterocycles. The van der Waals surface area contributed by atoms with Crippen LogP contribution in [0.25, 0.3) is 0 Å². The molecule has 0 saturated carbocycles. The number of benzene rings is 1. The second-order valence-corrected chi connectivity index (χ2v) is 4.58. The number of hydrogen-bond donors (Lipinski definition) is 0. The highest BCUT2D eigenvalue weighted by atomic mass is 79.9. The molecular weight excluding hydrogens is 326 g/mol. The third-order valence-corrected chi connectivity index (χ3v) is 3.62. The van der Waals surface area contributed by atoms with Gasteiger partial charge in [-0.2, -0.15) is 4.39 Å². The summed E-state index contributed by atoms with van der Waals surface area (Å²) in [6.07, 6.45) is 0. The molecule has 0 fully saturated rings. The lowest BCUT2D eigenvalue weighted by atomic mass is 10.1. The molecule has 0 saturated heterocycles. The molecule has 0 aliphatic carbocycles. The number of nitrogens with zero attached hydrogens (tertiary/aromatic N) is 2. The monoisotopic (exact) mass is 336 g/mol. The summed E-state index contributed by atoms with van der Waals surface area (Å²) in [6.45, 7) is 1.67. The Morgan fingerprint density at radius 2 is 2.11 bits per heavy atom. The minimum atomic E-state index is -1.45. The Kier molecular flexibility index (Phi) is 4.93. The van der Waals surface area contributed by atoms with Gasteiger partial charge >= 0.3 is 5.69 Å². The fourth-order valence-corrected chi connectivity index (χ4v) is 1.79. The zero-order valence-electron chi connectivity index (χ0n) is 10.2. The molecule has 1 aromatic carbocycles. The van der Waals surface area contributed by atoms with E-state index in [4.69, 9.17) is 0 Å². The van der Waals surface area contributed by atoms with Gasteiger partial charge in [0.05, 0.1) is 4.92 Å². The van der Waals surface area contributed by atoms with Gasteiger partial charge in [0.25, 0.3) is 5.91 Å². The highest BCUT2D eigenvalue weighted by Gasteiger charge is 2.29. The molecule has 0 spiro atoms. The zero-order valence-corrected chi connectivity index (χ0v) is 11.8. The normalized spacial score (nSPS) is 12.1. The van der Waals surface area contributed by atoms with Crippen LogP contribution in [0.15, 0.2) is 12.1 Å². The van der Waals surface area contributed by atoms with E-state index in [1.54, 1.807) is 6.92 Å². The van der Waals surface area contributed by atoms with Crippen molar-refractivity contribution in [3.05, 3.63) is 39.4 Å². The third kappa shape index (κ3) is 3.06. The molecule has 1 rings (SSSR count). The van der Waals surface area contributed by atoms with Crippen molar-refractivity contribution < 1.29 is 18.5 Å². The Labute approximate surface area is 116 Å². The van der Waals surface area contributed by atoms with Crippen LogP contribution in [0.1, 0.15) is 17.3 Å². The number of hydrogen-bond acceptors (Lipinski definition) is 3. The van der Waals surface area contributed by atoms with Crippen LogP contribution in [-0.2, 0) is 0 Å². The Bertz CT molecular complexity index is 525. The Balaban J connectivity index is 3.30. The van der Waals surface area contributed by atoms with E-state index >= 15 is 0 Å². The maximum atomic E-state index is 13.8. The number of rotatable bonds is 4. The fraction of sp³-hybridized carbons (Fsp3) is 0.364. The summed E-state index contributed by atoms with van der Waals surface area (Å²) in [5.41, 5.74) is -1.84. The van der Waals surface area contributed by atoms with Crippen LogP contribution >= 0.6 is 15.9 Å². The predicted octanol–water partition coefficient (Wildman–Crippen LogP) is 2.73. The van der Waals surface area contributed by atoms with Crippen molar-refractivity contribution in [2.75, 3.05) is 12.4 Å². The Morgan fingerprint density at radius 3 is 2.58 bits per heavy atom. The molecule has 0 aliphatic heterocycles. The number of carbonyl (C=O) groups is 1. The summed E-state index contributed by atoms with van der Waals surface area (Å²) in [5.74, 6) is -3.52. The van der Waals surface area contributed by atoms with Crippen molar-refractivity contribution in [2.45, 2.75) is 13.0 Å². The quantitative estimate of drug-likeness (QED) is 0.482. The fourth-order valence-electron chi connectivity index (χ4n) is 1.36. The lowest BCUT2D eigenvalue weighted by Crippen LogP contribution is -2.37. The maximum absolute atomic E-state index is 13.8. The Morgan fingerprint density at radius 1 is 1.53 bits per heavy atom. The van der Waals surface area contributed by atoms with Crippen LogP contribution in [0.4, 0.5) is 14.5 Å². The van der Waals surface area contributed by atoms with Crippen molar-refractivity contribution in [3.63, 3.8) is 0 Å². The van der Waals surface area contributed by atoms with Crippen LogP contribution in [0, 0.1) is 21.7 Å². The molecule has 1 atom stereocenters. The van der Waals surface area contributed by atoms with Crippen molar-refractivity contribution in [2.24, 2.45) is 0 Å². The van der Waals surface area contributed by atoms with Crippen molar-refractivity contribution >= 4 is 27.5 Å². The summed E-state index contributed by atoms with van der Waals surface area (Å²) in [4.78, 5) is 22.7. The largest absolute Gasteiger partial charge is 0.338 e. The van der Waals surface area contributed by atoms with Crippen molar-refractivity contribution in [1.29, 1.82) is 0 Å². The van der Waals surface area contributed by atoms with Gasteiger partial charge in [-0.05, 0) is 13.0 Å². The second-order valence-electron chi connectivity index (χ2n) is 3.93. The molecule has 1 aromatic rings. The molecule has 8 heteroatoms. The van der Waals surface area contributed by atoms with Crippen LogP contribution in [0.3, 0.4) is 0 Å². The van der Waals surface area contributed by atoms with Crippen molar-refractivity contribution in [3.8, 4) is 0 Å². The summed E-state index contributed by atoms with van der Waals surface area (Å²) >= 11 is 3.14. The lowest BCUT2D eigenvalue weighted by molar-refractivity contribution is -0.387. The lowest BCUT2D eigenvalue weighted by Gasteiger charge is -2.23. The minimum absolute atomic E-state index is 0.314. The standard InChI is InChI=1S/C11H11BrF2N2O3/c1-6(5-12)15(2)11(17)9-7(13)3-4-8(10(9)14)16(18)19/h3-4,6H,5H2,1-2H3. The molecule has 19 heavy (non-hydrogen) atoms. The number of halogens is 3. The number of carbonyl (C=O) groups excluding carboxylic acids is 1. The molecule has 0 N–H and O–H groups in total. The molecule has 0 aliphatic rings. The molecule has 0 radical (unpaired) electrons. The number of amides is 1. The highest BCUT2D eigenvalue weighted by molar-refractivity contribution is 9.09. The van der Waals surface area contributed by atoms with E-state index < -0.39 is 33.7 Å². The molecule has 1 amide bonds. The van der Waals surface area contributed by atoms with Gasteiger partial charge in [0.1, 0.15) is 11.4 Å². The average Bonchev–Trinajstić information content (AvgIpc) is 2.36. The van der Waals surface area contributed by atoms with Crippen molar-refractivity contribution in [1.82, 2.24) is 4.90 Å². The van der Waals surface area contributed by atoms with E-state index in [9.17, 15) is 23.7 Å². The highest BCUT2D eigenvalue weighted by Crippen LogP contribution is 2.24. The van der Waals surface area contributed by atoms with Gasteiger partial charge in [-0.15, -0.1) is 0 Å². The van der Waals surface area contributed by atoms with E-state index in [0.29, 0.717) is 17.5 Å². The van der Waals surface area contributed by atoms with Crippen LogP contribution in [-0.4, -0.2) is 34.2 Å². The summed E-state index contributed by atoms with van der Waals surface area (Å²) < 4.78 is 27.4. The van der Waals surface area contributed by atoms with E-state index in [1.165, 1.54) is 7.05 Å². The smallest absolute Gasteiger partial charge is 0.305 e. The average molecular weight is 337 g/mol. The van der Waals surface area contributed by atoms with Gasteiger partial charge in [-0.3, -0.25) is 14.9 Å². The second kappa shape index (κ2) is 6.05. The van der Waals surface area contributed by atoms with Gasteiger partial charge < -0.3 is 4.90 Å².